The highest BCUT2D eigenvalue weighted by Gasteiger charge is 2.19. The Morgan fingerprint density at radius 3 is 2.46 bits per heavy atom. The zero-order valence-electron chi connectivity index (χ0n) is 6.50. The van der Waals surface area contributed by atoms with Crippen LogP contribution in [-0.4, -0.2) is 11.1 Å². The predicted octanol–water partition coefficient (Wildman–Crippen LogP) is 1.90. The molecule has 1 aromatic carbocycles. The highest BCUT2D eigenvalue weighted by molar-refractivity contribution is 5.91. The summed E-state index contributed by atoms with van der Waals surface area (Å²) in [6.07, 6.45) is -2.87. The Kier molecular flexibility index (Phi) is 2.46. The van der Waals surface area contributed by atoms with Gasteiger partial charge < -0.3 is 10.8 Å². The monoisotopic (exact) mass is 187 g/mol. The fourth-order valence-corrected chi connectivity index (χ4v) is 1.01. The van der Waals surface area contributed by atoms with Gasteiger partial charge in [-0.15, -0.1) is 0 Å². The minimum absolute atomic E-state index is 0.199. The van der Waals surface area contributed by atoms with Crippen molar-refractivity contribution in [3.8, 4) is 0 Å². The van der Waals surface area contributed by atoms with E-state index in [0.29, 0.717) is 0 Å². The minimum atomic E-state index is -2.87. The number of anilines is 1. The smallest absolute Gasteiger partial charge is 0.336 e. The topological polar surface area (TPSA) is 63.3 Å². The van der Waals surface area contributed by atoms with Gasteiger partial charge in [-0.2, -0.15) is 0 Å². The molecular formula is C8H7F2NO2. The number of hydrogen-bond acceptors (Lipinski definition) is 2. The molecule has 0 saturated carbocycles. The van der Waals surface area contributed by atoms with Crippen LogP contribution in [0.4, 0.5) is 14.5 Å². The first-order valence-electron chi connectivity index (χ1n) is 3.44. The molecule has 0 radical (unpaired) electrons. The van der Waals surface area contributed by atoms with Gasteiger partial charge in [-0.1, -0.05) is 6.07 Å². The van der Waals surface area contributed by atoms with Crippen LogP contribution in [-0.2, 0) is 0 Å². The lowest BCUT2D eigenvalue weighted by molar-refractivity contribution is 0.0685. The quantitative estimate of drug-likeness (QED) is 0.695. The van der Waals surface area contributed by atoms with Crippen LogP contribution in [0.2, 0.25) is 0 Å². The molecule has 0 aliphatic rings. The van der Waals surface area contributed by atoms with Crippen molar-refractivity contribution in [1.82, 2.24) is 0 Å². The highest BCUT2D eigenvalue weighted by atomic mass is 19.3. The van der Waals surface area contributed by atoms with E-state index in [2.05, 4.69) is 0 Å². The van der Waals surface area contributed by atoms with Crippen molar-refractivity contribution < 1.29 is 18.7 Å². The van der Waals surface area contributed by atoms with Gasteiger partial charge in [0.25, 0.3) is 6.43 Å². The molecule has 5 heteroatoms. The van der Waals surface area contributed by atoms with E-state index in [1.165, 1.54) is 12.1 Å². The normalized spacial score (nSPS) is 10.4. The molecule has 0 heterocycles. The zero-order valence-corrected chi connectivity index (χ0v) is 6.50. The van der Waals surface area contributed by atoms with Crippen LogP contribution in [0.15, 0.2) is 18.2 Å². The number of hydrogen-bond donors (Lipinski definition) is 2. The maximum absolute atomic E-state index is 12.3. The number of nitrogens with two attached hydrogens (primary N) is 1. The van der Waals surface area contributed by atoms with E-state index in [1.54, 1.807) is 0 Å². The van der Waals surface area contributed by atoms with Crippen molar-refractivity contribution in [2.45, 2.75) is 6.43 Å². The van der Waals surface area contributed by atoms with E-state index >= 15 is 0 Å². The molecule has 0 aromatic heterocycles. The summed E-state index contributed by atoms with van der Waals surface area (Å²) in [4.78, 5) is 10.5. The van der Waals surface area contributed by atoms with Crippen molar-refractivity contribution >= 4 is 11.7 Å². The van der Waals surface area contributed by atoms with Crippen LogP contribution in [0, 0.1) is 0 Å². The molecule has 13 heavy (non-hydrogen) atoms. The second-order valence-corrected chi connectivity index (χ2v) is 2.41. The first-order chi connectivity index (χ1) is 6.04. The molecule has 1 aromatic rings. The molecule has 0 aliphatic heterocycles. The van der Waals surface area contributed by atoms with Crippen LogP contribution in [0.3, 0.4) is 0 Å². The van der Waals surface area contributed by atoms with E-state index in [1.807, 2.05) is 0 Å². The number of benzene rings is 1. The predicted molar refractivity (Wildman–Crippen MR) is 42.8 cm³/mol. The molecule has 3 nitrogen and oxygen atoms in total. The van der Waals surface area contributed by atoms with Crippen LogP contribution in [0.5, 0.6) is 0 Å². The van der Waals surface area contributed by atoms with Crippen molar-refractivity contribution in [3.63, 3.8) is 0 Å². The lowest BCUT2D eigenvalue weighted by Gasteiger charge is -2.07. The number of nitrogen functional groups attached to an aromatic ring is 1. The number of alkyl halides is 2. The Morgan fingerprint density at radius 1 is 1.46 bits per heavy atom. The third-order valence-corrected chi connectivity index (χ3v) is 1.59. The lowest BCUT2D eigenvalue weighted by Crippen LogP contribution is -2.05. The Bertz CT molecular complexity index is 339. The van der Waals surface area contributed by atoms with Crippen molar-refractivity contribution in [1.29, 1.82) is 0 Å². The van der Waals surface area contributed by atoms with Gasteiger partial charge in [0.2, 0.25) is 0 Å². The van der Waals surface area contributed by atoms with Crippen molar-refractivity contribution in [2.75, 3.05) is 5.73 Å². The molecule has 3 N–H and O–H groups in total. The summed E-state index contributed by atoms with van der Waals surface area (Å²) in [7, 11) is 0. The molecule has 0 unspecified atom stereocenters. The van der Waals surface area contributed by atoms with E-state index in [9.17, 15) is 13.6 Å². The molecule has 0 fully saturated rings. The molecule has 70 valence electrons. The number of carboxylic acid groups (broad SMARTS) is 1. The van der Waals surface area contributed by atoms with E-state index in [-0.39, 0.29) is 5.69 Å². The average molecular weight is 187 g/mol. The summed E-state index contributed by atoms with van der Waals surface area (Å²) in [5.74, 6) is -1.40. The van der Waals surface area contributed by atoms with Gasteiger partial charge in [-0.05, 0) is 12.1 Å². The number of carboxylic acids is 1. The molecule has 0 atom stereocenters. The first kappa shape index (κ1) is 9.44. The molecule has 0 saturated heterocycles. The van der Waals surface area contributed by atoms with Crippen LogP contribution < -0.4 is 5.73 Å². The molecule has 0 aliphatic carbocycles. The summed E-state index contributed by atoms with van der Waals surface area (Å²) >= 11 is 0. The molecule has 1 rings (SSSR count). The summed E-state index contributed by atoms with van der Waals surface area (Å²) < 4.78 is 24.6. The van der Waals surface area contributed by atoms with Crippen molar-refractivity contribution in [2.24, 2.45) is 0 Å². The third kappa shape index (κ3) is 1.74. The van der Waals surface area contributed by atoms with Gasteiger partial charge >= 0.3 is 5.97 Å². The Morgan fingerprint density at radius 2 is 2.08 bits per heavy atom. The van der Waals surface area contributed by atoms with Gasteiger partial charge in [0.05, 0.1) is 11.1 Å². The lowest BCUT2D eigenvalue weighted by atomic mass is 10.1. The van der Waals surface area contributed by atoms with Crippen LogP contribution in [0.1, 0.15) is 22.3 Å². The highest BCUT2D eigenvalue weighted by Crippen LogP contribution is 2.28. The maximum atomic E-state index is 12.3. The summed E-state index contributed by atoms with van der Waals surface area (Å²) in [5, 5.41) is 8.55. The molecule has 0 spiro atoms. The van der Waals surface area contributed by atoms with Gasteiger partial charge in [-0.3, -0.25) is 0 Å². The Balaban J connectivity index is 3.34. The number of aromatic carboxylic acids is 1. The fourth-order valence-electron chi connectivity index (χ4n) is 1.01. The van der Waals surface area contributed by atoms with E-state index in [4.69, 9.17) is 10.8 Å². The van der Waals surface area contributed by atoms with Gasteiger partial charge in [0.1, 0.15) is 0 Å². The fraction of sp³-hybridized carbons (Fsp3) is 0.125. The van der Waals surface area contributed by atoms with E-state index in [0.717, 1.165) is 6.07 Å². The SMILES string of the molecule is Nc1cccc(C(=O)O)c1C(F)F. The summed E-state index contributed by atoms with van der Waals surface area (Å²) in [6, 6.07) is 3.67. The molecule has 0 bridgehead atoms. The van der Waals surface area contributed by atoms with Gasteiger partial charge in [-0.25, -0.2) is 13.6 Å². The van der Waals surface area contributed by atoms with Crippen LogP contribution in [0.25, 0.3) is 0 Å². The number of carbonyl (C=O) groups is 1. The minimum Gasteiger partial charge on any atom is -0.478 e. The Hall–Kier alpha value is -1.65. The summed E-state index contributed by atoms with van der Waals surface area (Å²) in [6.45, 7) is 0. The first-order valence-corrected chi connectivity index (χ1v) is 3.44. The second-order valence-electron chi connectivity index (χ2n) is 2.41. The number of rotatable bonds is 2. The number of halogens is 2. The standard InChI is InChI=1S/C8H7F2NO2/c9-7(10)6-4(8(12)13)2-1-3-5(6)11/h1-3,7H,11H2,(H,12,13). The van der Waals surface area contributed by atoms with Crippen molar-refractivity contribution in [3.05, 3.63) is 29.3 Å². The third-order valence-electron chi connectivity index (χ3n) is 1.59. The second kappa shape index (κ2) is 3.38. The van der Waals surface area contributed by atoms with Gasteiger partial charge in [0, 0.05) is 5.69 Å². The molecular weight excluding hydrogens is 180 g/mol. The van der Waals surface area contributed by atoms with Crippen LogP contribution >= 0.6 is 0 Å². The Labute approximate surface area is 72.8 Å². The summed E-state index contributed by atoms with van der Waals surface area (Å²) in [5.41, 5.74) is 3.95. The zero-order chi connectivity index (χ0) is 10.0. The van der Waals surface area contributed by atoms with E-state index < -0.39 is 23.5 Å². The largest absolute Gasteiger partial charge is 0.478 e. The average Bonchev–Trinajstić information content (AvgIpc) is 2.02. The van der Waals surface area contributed by atoms with Gasteiger partial charge in [0.15, 0.2) is 0 Å². The molecule has 0 amide bonds. The maximum Gasteiger partial charge on any atom is 0.336 e.